The lowest BCUT2D eigenvalue weighted by molar-refractivity contribution is 0.288. The average molecular weight is 247 g/mol. The van der Waals surface area contributed by atoms with Gasteiger partial charge in [0.2, 0.25) is 5.88 Å². The summed E-state index contributed by atoms with van der Waals surface area (Å²) in [6.07, 6.45) is 2.18. The molecular weight excluding hydrogens is 234 g/mol. The molecule has 0 N–H and O–H groups in total. The predicted molar refractivity (Wildman–Crippen MR) is 67.9 cm³/mol. The van der Waals surface area contributed by atoms with Gasteiger partial charge in [0, 0.05) is 5.56 Å². The number of aryl methyl sites for hydroxylation is 1. The highest BCUT2D eigenvalue weighted by Gasteiger charge is 2.12. The number of rotatable bonds is 2. The number of thiazole rings is 1. The minimum Gasteiger partial charge on any atom is -0.493 e. The highest BCUT2D eigenvalue weighted by Crippen LogP contribution is 2.32. The first-order valence-corrected chi connectivity index (χ1v) is 6.50. The molecule has 0 saturated heterocycles. The van der Waals surface area contributed by atoms with E-state index in [1.807, 2.05) is 11.4 Å². The topological polar surface area (TPSA) is 31.4 Å². The van der Waals surface area contributed by atoms with Gasteiger partial charge in [-0.25, -0.2) is 4.98 Å². The van der Waals surface area contributed by atoms with Crippen LogP contribution in [-0.2, 0) is 6.42 Å². The van der Waals surface area contributed by atoms with Crippen LogP contribution < -0.4 is 9.47 Å². The molecule has 3 rings (SSSR count). The van der Waals surface area contributed by atoms with Crippen molar-refractivity contribution in [2.24, 2.45) is 0 Å². The van der Waals surface area contributed by atoms with Gasteiger partial charge in [0.25, 0.3) is 0 Å². The van der Waals surface area contributed by atoms with Gasteiger partial charge >= 0.3 is 0 Å². The molecule has 0 radical (unpaired) electrons. The molecule has 0 unspecified atom stereocenters. The molecule has 17 heavy (non-hydrogen) atoms. The second kappa shape index (κ2) is 4.37. The lowest BCUT2D eigenvalue weighted by Gasteiger charge is -2.17. The van der Waals surface area contributed by atoms with Gasteiger partial charge in [0.1, 0.15) is 10.8 Å². The SMILES string of the molecule is COc1csc(-c2ccc3c(c2)CCCO3)n1. The monoisotopic (exact) mass is 247 g/mol. The Morgan fingerprint density at radius 2 is 2.35 bits per heavy atom. The van der Waals surface area contributed by atoms with Gasteiger partial charge in [0.15, 0.2) is 0 Å². The first-order valence-electron chi connectivity index (χ1n) is 5.62. The van der Waals surface area contributed by atoms with E-state index in [9.17, 15) is 0 Å². The Morgan fingerprint density at radius 3 is 3.18 bits per heavy atom. The van der Waals surface area contributed by atoms with Gasteiger partial charge < -0.3 is 9.47 Å². The van der Waals surface area contributed by atoms with Crippen LogP contribution in [0.3, 0.4) is 0 Å². The quantitative estimate of drug-likeness (QED) is 0.817. The Bertz CT molecular complexity index is 536. The Hall–Kier alpha value is -1.55. The third kappa shape index (κ3) is 2.00. The summed E-state index contributed by atoms with van der Waals surface area (Å²) in [5.74, 6) is 1.70. The van der Waals surface area contributed by atoms with E-state index in [0.29, 0.717) is 5.88 Å². The van der Waals surface area contributed by atoms with Crippen LogP contribution in [0.15, 0.2) is 23.6 Å². The zero-order valence-electron chi connectivity index (χ0n) is 9.60. The van der Waals surface area contributed by atoms with Crippen molar-refractivity contribution in [3.05, 3.63) is 29.1 Å². The third-order valence-corrected chi connectivity index (χ3v) is 3.72. The van der Waals surface area contributed by atoms with Gasteiger partial charge in [-0.3, -0.25) is 0 Å². The molecule has 1 aromatic carbocycles. The lowest BCUT2D eigenvalue weighted by atomic mass is 10.0. The van der Waals surface area contributed by atoms with Crippen LogP contribution in [0, 0.1) is 0 Å². The summed E-state index contributed by atoms with van der Waals surface area (Å²) in [6, 6.07) is 6.27. The van der Waals surface area contributed by atoms with E-state index in [-0.39, 0.29) is 0 Å². The van der Waals surface area contributed by atoms with E-state index in [4.69, 9.17) is 9.47 Å². The Labute approximate surface area is 104 Å². The van der Waals surface area contributed by atoms with Crippen molar-refractivity contribution in [2.45, 2.75) is 12.8 Å². The van der Waals surface area contributed by atoms with Crippen LogP contribution in [0.25, 0.3) is 10.6 Å². The second-order valence-electron chi connectivity index (χ2n) is 3.97. The first-order chi connectivity index (χ1) is 8.36. The Morgan fingerprint density at radius 1 is 1.41 bits per heavy atom. The number of hydrogen-bond donors (Lipinski definition) is 0. The first kappa shape index (κ1) is 10.6. The molecule has 0 amide bonds. The van der Waals surface area contributed by atoms with Gasteiger partial charge in [0.05, 0.1) is 19.1 Å². The zero-order valence-corrected chi connectivity index (χ0v) is 10.4. The maximum atomic E-state index is 5.60. The van der Waals surface area contributed by atoms with Crippen LogP contribution in [0.4, 0.5) is 0 Å². The number of methoxy groups -OCH3 is 1. The van der Waals surface area contributed by atoms with E-state index in [0.717, 1.165) is 35.8 Å². The molecule has 0 aliphatic carbocycles. The maximum Gasteiger partial charge on any atom is 0.224 e. The number of hydrogen-bond acceptors (Lipinski definition) is 4. The molecule has 2 aromatic rings. The van der Waals surface area contributed by atoms with Crippen LogP contribution in [-0.4, -0.2) is 18.7 Å². The maximum absolute atomic E-state index is 5.60. The van der Waals surface area contributed by atoms with E-state index >= 15 is 0 Å². The standard InChI is InChI=1S/C13H13NO2S/c1-15-12-8-17-13(14-12)10-4-5-11-9(7-10)3-2-6-16-11/h4-5,7-8H,2-3,6H2,1H3. The van der Waals surface area contributed by atoms with Crippen molar-refractivity contribution in [1.29, 1.82) is 0 Å². The van der Waals surface area contributed by atoms with Crippen molar-refractivity contribution in [1.82, 2.24) is 4.98 Å². The fourth-order valence-electron chi connectivity index (χ4n) is 1.98. The molecule has 3 nitrogen and oxygen atoms in total. The Kier molecular flexibility index (Phi) is 2.73. The number of ether oxygens (including phenoxy) is 2. The summed E-state index contributed by atoms with van der Waals surface area (Å²) in [5, 5.41) is 2.92. The summed E-state index contributed by atoms with van der Waals surface area (Å²) >= 11 is 1.60. The largest absolute Gasteiger partial charge is 0.493 e. The van der Waals surface area contributed by atoms with E-state index in [1.54, 1.807) is 18.4 Å². The molecule has 1 aliphatic heterocycles. The molecule has 1 aliphatic rings. The molecule has 0 atom stereocenters. The van der Waals surface area contributed by atoms with Gasteiger partial charge in [-0.05, 0) is 36.6 Å². The van der Waals surface area contributed by atoms with E-state index < -0.39 is 0 Å². The van der Waals surface area contributed by atoms with E-state index in [2.05, 4.69) is 17.1 Å². The normalized spacial score (nSPS) is 13.9. The third-order valence-electron chi connectivity index (χ3n) is 2.85. The van der Waals surface area contributed by atoms with Crippen LogP contribution in [0.1, 0.15) is 12.0 Å². The van der Waals surface area contributed by atoms with E-state index in [1.165, 1.54) is 5.56 Å². The molecule has 0 fully saturated rings. The van der Waals surface area contributed by atoms with Crippen molar-refractivity contribution < 1.29 is 9.47 Å². The van der Waals surface area contributed by atoms with Crippen LogP contribution in [0.2, 0.25) is 0 Å². The number of benzene rings is 1. The Balaban J connectivity index is 1.97. The minimum atomic E-state index is 0.680. The lowest BCUT2D eigenvalue weighted by Crippen LogP contribution is -2.07. The molecule has 88 valence electrons. The highest BCUT2D eigenvalue weighted by molar-refractivity contribution is 7.13. The molecule has 0 bridgehead atoms. The number of fused-ring (bicyclic) bond motifs is 1. The molecule has 4 heteroatoms. The van der Waals surface area contributed by atoms with Gasteiger partial charge in [-0.15, -0.1) is 11.3 Å². The summed E-state index contributed by atoms with van der Waals surface area (Å²) in [4.78, 5) is 4.40. The predicted octanol–water partition coefficient (Wildman–Crippen LogP) is 3.14. The van der Waals surface area contributed by atoms with Gasteiger partial charge in [-0.1, -0.05) is 0 Å². The molecule has 1 aromatic heterocycles. The molecule has 0 spiro atoms. The second-order valence-corrected chi connectivity index (χ2v) is 4.83. The smallest absolute Gasteiger partial charge is 0.224 e. The van der Waals surface area contributed by atoms with Crippen LogP contribution >= 0.6 is 11.3 Å². The fraction of sp³-hybridized carbons (Fsp3) is 0.308. The van der Waals surface area contributed by atoms with Crippen LogP contribution in [0.5, 0.6) is 11.6 Å². The van der Waals surface area contributed by atoms with Crippen molar-refractivity contribution in [3.63, 3.8) is 0 Å². The summed E-state index contributed by atoms with van der Waals surface area (Å²) in [5.41, 5.74) is 2.42. The zero-order chi connectivity index (χ0) is 11.7. The fourth-order valence-corrected chi connectivity index (χ4v) is 2.75. The van der Waals surface area contributed by atoms with Crippen molar-refractivity contribution >= 4 is 11.3 Å². The minimum absolute atomic E-state index is 0.680. The average Bonchev–Trinajstić information content (AvgIpc) is 2.87. The van der Waals surface area contributed by atoms with Crippen molar-refractivity contribution in [3.8, 4) is 22.2 Å². The summed E-state index contributed by atoms with van der Waals surface area (Å²) < 4.78 is 10.7. The van der Waals surface area contributed by atoms with Crippen molar-refractivity contribution in [2.75, 3.05) is 13.7 Å². The summed E-state index contributed by atoms with van der Waals surface area (Å²) in [6.45, 7) is 0.831. The number of nitrogens with zero attached hydrogens (tertiary/aromatic N) is 1. The molecule has 0 saturated carbocycles. The molecule has 2 heterocycles. The number of aromatic nitrogens is 1. The highest BCUT2D eigenvalue weighted by atomic mass is 32.1. The van der Waals surface area contributed by atoms with Gasteiger partial charge in [-0.2, -0.15) is 0 Å². The molecular formula is C13H13NO2S. The summed E-state index contributed by atoms with van der Waals surface area (Å²) in [7, 11) is 1.64.